The van der Waals surface area contributed by atoms with Crippen molar-refractivity contribution in [1.29, 1.82) is 0 Å². The molecule has 30 heavy (non-hydrogen) atoms. The van der Waals surface area contributed by atoms with Crippen molar-refractivity contribution in [3.63, 3.8) is 0 Å². The van der Waals surface area contributed by atoms with Gasteiger partial charge < -0.3 is 15.2 Å². The van der Waals surface area contributed by atoms with E-state index in [4.69, 9.17) is 0 Å². The molecule has 0 aromatic carbocycles. The number of H-pyrrole nitrogens is 1. The van der Waals surface area contributed by atoms with Gasteiger partial charge >= 0.3 is 0 Å². The maximum Gasteiger partial charge on any atom is 0.237 e. The number of hydrogen-bond acceptors (Lipinski definition) is 4. The first kappa shape index (κ1) is 21.3. The lowest BCUT2D eigenvalue weighted by Crippen LogP contribution is -2.62. The van der Waals surface area contributed by atoms with Crippen LogP contribution in [0.25, 0.3) is 0 Å². The summed E-state index contributed by atoms with van der Waals surface area (Å²) in [6.45, 7) is 8.46. The zero-order valence-electron chi connectivity index (χ0n) is 18.7. The first-order valence-electron chi connectivity index (χ1n) is 11.7. The smallest absolute Gasteiger partial charge is 0.237 e. The van der Waals surface area contributed by atoms with Gasteiger partial charge in [-0.05, 0) is 31.6 Å². The second kappa shape index (κ2) is 8.33. The fraction of sp³-hybridized carbons (Fsp3) is 0.783. The van der Waals surface area contributed by atoms with Crippen LogP contribution in [0.2, 0.25) is 0 Å². The molecule has 0 radical (unpaired) electrons. The third kappa shape index (κ3) is 4.01. The Kier molecular flexibility index (Phi) is 5.93. The van der Waals surface area contributed by atoms with E-state index < -0.39 is 0 Å². The minimum absolute atomic E-state index is 0.0524. The summed E-state index contributed by atoms with van der Waals surface area (Å²) in [6.07, 6.45) is 9.53. The van der Waals surface area contributed by atoms with Gasteiger partial charge in [-0.25, -0.2) is 4.98 Å². The van der Waals surface area contributed by atoms with Gasteiger partial charge in [0.2, 0.25) is 11.8 Å². The summed E-state index contributed by atoms with van der Waals surface area (Å²) >= 11 is 0. The van der Waals surface area contributed by atoms with Crippen molar-refractivity contribution in [2.75, 3.05) is 19.6 Å². The molecule has 1 atom stereocenters. The summed E-state index contributed by atoms with van der Waals surface area (Å²) in [4.78, 5) is 36.0. The van der Waals surface area contributed by atoms with Gasteiger partial charge in [0.1, 0.15) is 0 Å². The number of aromatic nitrogens is 2. The van der Waals surface area contributed by atoms with E-state index in [2.05, 4.69) is 46.3 Å². The quantitative estimate of drug-likeness (QED) is 0.705. The van der Waals surface area contributed by atoms with Crippen LogP contribution in [0.3, 0.4) is 0 Å². The molecule has 1 aromatic rings. The predicted molar refractivity (Wildman–Crippen MR) is 116 cm³/mol. The van der Waals surface area contributed by atoms with Gasteiger partial charge in [0.05, 0.1) is 23.6 Å². The van der Waals surface area contributed by atoms with E-state index in [1.165, 1.54) is 6.42 Å². The van der Waals surface area contributed by atoms with Crippen LogP contribution < -0.4 is 10.6 Å². The molecule has 0 bridgehead atoms. The van der Waals surface area contributed by atoms with E-state index in [0.29, 0.717) is 37.9 Å². The number of likely N-dealkylation sites (tertiary alicyclic amines) is 1. The topological polar surface area (TPSA) is 90.1 Å². The Balaban J connectivity index is 1.46. The summed E-state index contributed by atoms with van der Waals surface area (Å²) in [5.41, 5.74) is 1.56. The van der Waals surface area contributed by atoms with Crippen molar-refractivity contribution in [3.8, 4) is 0 Å². The molecule has 0 unspecified atom stereocenters. The van der Waals surface area contributed by atoms with Gasteiger partial charge in [-0.3, -0.25) is 14.9 Å². The molecule has 1 aliphatic carbocycles. The monoisotopic (exact) mass is 415 g/mol. The highest BCUT2D eigenvalue weighted by atomic mass is 16.2. The van der Waals surface area contributed by atoms with Crippen molar-refractivity contribution in [2.45, 2.75) is 83.7 Å². The highest BCUT2D eigenvalue weighted by Crippen LogP contribution is 2.41. The number of carbonyl (C=O) groups excluding carboxylic acids is 2. The maximum atomic E-state index is 13.3. The Hall–Kier alpha value is -1.89. The van der Waals surface area contributed by atoms with E-state index in [9.17, 15) is 9.59 Å². The second-order valence-electron chi connectivity index (χ2n) is 10.3. The third-order valence-electron chi connectivity index (χ3n) is 7.41. The highest BCUT2D eigenvalue weighted by molar-refractivity contribution is 5.83. The zero-order valence-corrected chi connectivity index (χ0v) is 18.7. The number of carbonyl (C=O) groups is 2. The first-order chi connectivity index (χ1) is 14.3. The second-order valence-corrected chi connectivity index (χ2v) is 10.3. The number of nitrogens with one attached hydrogen (secondary N) is 3. The van der Waals surface area contributed by atoms with E-state index >= 15 is 0 Å². The summed E-state index contributed by atoms with van der Waals surface area (Å²) in [6, 6.07) is -0.269. The van der Waals surface area contributed by atoms with Crippen molar-refractivity contribution in [3.05, 3.63) is 17.7 Å². The number of imidazole rings is 1. The highest BCUT2D eigenvalue weighted by Gasteiger charge is 2.48. The van der Waals surface area contributed by atoms with Crippen LogP contribution in [0.1, 0.15) is 77.1 Å². The van der Waals surface area contributed by atoms with Gasteiger partial charge in [0, 0.05) is 37.2 Å². The maximum absolute atomic E-state index is 13.3. The Morgan fingerprint density at radius 3 is 2.57 bits per heavy atom. The molecule has 1 aromatic heterocycles. The fourth-order valence-electron chi connectivity index (χ4n) is 5.53. The van der Waals surface area contributed by atoms with Gasteiger partial charge in [0.15, 0.2) is 0 Å². The van der Waals surface area contributed by atoms with E-state index in [1.807, 2.05) is 0 Å². The number of hydrogen-bond donors (Lipinski definition) is 3. The molecule has 7 nitrogen and oxygen atoms in total. The van der Waals surface area contributed by atoms with Crippen LogP contribution in [-0.4, -0.2) is 52.4 Å². The summed E-state index contributed by atoms with van der Waals surface area (Å²) in [5.74, 6) is 0.794. The van der Waals surface area contributed by atoms with E-state index in [0.717, 1.165) is 49.9 Å². The van der Waals surface area contributed by atoms with Gasteiger partial charge in [0.25, 0.3) is 0 Å². The standard InChI is InChI=1S/C23H37N5O2/c1-16(2)14-24-20(29)18-13-17-19(26-15-25-17)23(27-18)9-11-28(12-10-23)21(30)22(3)7-5-4-6-8-22/h15-16,18,27H,4-14H2,1-3H3,(H,24,29)(H,25,26)/t18-/m0/s1. The minimum Gasteiger partial charge on any atom is -0.354 e. The molecule has 2 aliphatic heterocycles. The lowest BCUT2D eigenvalue weighted by molar-refractivity contribution is -0.145. The van der Waals surface area contributed by atoms with Crippen molar-refractivity contribution in [1.82, 2.24) is 25.5 Å². The summed E-state index contributed by atoms with van der Waals surface area (Å²) in [7, 11) is 0. The third-order valence-corrected chi connectivity index (χ3v) is 7.41. The number of piperidine rings is 1. The summed E-state index contributed by atoms with van der Waals surface area (Å²) < 4.78 is 0. The molecular formula is C23H37N5O2. The number of nitrogens with zero attached hydrogens (tertiary/aromatic N) is 2. The molecule has 3 aliphatic rings. The first-order valence-corrected chi connectivity index (χ1v) is 11.7. The lowest BCUT2D eigenvalue weighted by atomic mass is 9.73. The molecular weight excluding hydrogens is 378 g/mol. The average molecular weight is 416 g/mol. The van der Waals surface area contributed by atoms with Crippen LogP contribution in [-0.2, 0) is 21.5 Å². The molecule has 4 rings (SSSR count). The van der Waals surface area contributed by atoms with Crippen LogP contribution in [0.4, 0.5) is 0 Å². The molecule has 7 heteroatoms. The minimum atomic E-state index is -0.336. The largest absolute Gasteiger partial charge is 0.354 e. The normalized spacial score (nSPS) is 25.2. The van der Waals surface area contributed by atoms with Gasteiger partial charge in [-0.2, -0.15) is 0 Å². The molecule has 2 fully saturated rings. The van der Waals surface area contributed by atoms with Crippen molar-refractivity contribution >= 4 is 11.8 Å². The van der Waals surface area contributed by atoms with E-state index in [-0.39, 0.29) is 22.9 Å². The SMILES string of the molecule is CC(C)CNC(=O)[C@@H]1Cc2[nH]cnc2C2(CCN(C(=O)C3(C)CCCCC3)CC2)N1. The number of aromatic amines is 1. The Bertz CT molecular complexity index is 772. The summed E-state index contributed by atoms with van der Waals surface area (Å²) in [5, 5.41) is 6.72. The van der Waals surface area contributed by atoms with Crippen molar-refractivity contribution in [2.24, 2.45) is 11.3 Å². The Labute approximate surface area is 179 Å². The zero-order chi connectivity index (χ0) is 21.4. The fourth-order valence-corrected chi connectivity index (χ4v) is 5.53. The molecule has 3 N–H and O–H groups in total. The number of rotatable bonds is 4. The average Bonchev–Trinajstić information content (AvgIpc) is 3.22. The molecule has 1 spiro atoms. The van der Waals surface area contributed by atoms with Gasteiger partial charge in [-0.15, -0.1) is 0 Å². The van der Waals surface area contributed by atoms with Crippen molar-refractivity contribution < 1.29 is 9.59 Å². The molecule has 1 saturated carbocycles. The molecule has 2 amide bonds. The molecule has 1 saturated heterocycles. The molecule has 3 heterocycles. The van der Waals surface area contributed by atoms with Crippen LogP contribution in [0, 0.1) is 11.3 Å². The lowest BCUT2D eigenvalue weighted by Gasteiger charge is -2.47. The van der Waals surface area contributed by atoms with Crippen LogP contribution in [0.5, 0.6) is 0 Å². The van der Waals surface area contributed by atoms with E-state index in [1.54, 1.807) is 6.33 Å². The van der Waals surface area contributed by atoms with Crippen LogP contribution in [0.15, 0.2) is 6.33 Å². The van der Waals surface area contributed by atoms with Crippen LogP contribution >= 0.6 is 0 Å². The Morgan fingerprint density at radius 1 is 1.20 bits per heavy atom. The number of fused-ring (bicyclic) bond motifs is 2. The Morgan fingerprint density at radius 2 is 1.90 bits per heavy atom. The predicted octanol–water partition coefficient (Wildman–Crippen LogP) is 2.48. The molecule has 166 valence electrons. The number of amides is 2. The van der Waals surface area contributed by atoms with Gasteiger partial charge in [-0.1, -0.05) is 40.0 Å².